The second kappa shape index (κ2) is 11.6. The number of likely N-dealkylation sites (tertiary alicyclic amines) is 1. The van der Waals surface area contributed by atoms with Crippen LogP contribution in [0.15, 0.2) is 29.2 Å². The summed E-state index contributed by atoms with van der Waals surface area (Å²) in [6, 6.07) is 5.83. The predicted octanol–water partition coefficient (Wildman–Crippen LogP) is 2.83. The van der Waals surface area contributed by atoms with Gasteiger partial charge in [-0.15, -0.1) is 0 Å². The maximum Gasteiger partial charge on any atom is 0.243 e. The Morgan fingerprint density at radius 1 is 1.20 bits per heavy atom. The van der Waals surface area contributed by atoms with Crippen LogP contribution in [0.5, 0.6) is 0 Å². The van der Waals surface area contributed by atoms with Gasteiger partial charge in [-0.1, -0.05) is 26.2 Å². The van der Waals surface area contributed by atoms with Crippen LogP contribution < -0.4 is 11.1 Å². The highest BCUT2D eigenvalue weighted by molar-refractivity contribution is 7.89. The number of carbonyl (C=O) groups is 1. The number of nitrogens with one attached hydrogen (secondary N) is 1. The summed E-state index contributed by atoms with van der Waals surface area (Å²) in [6.07, 6.45) is 5.25. The van der Waals surface area contributed by atoms with Gasteiger partial charge in [0, 0.05) is 37.4 Å². The van der Waals surface area contributed by atoms with E-state index in [0.717, 1.165) is 25.8 Å². The summed E-state index contributed by atoms with van der Waals surface area (Å²) < 4.78 is 27.9. The van der Waals surface area contributed by atoms with Gasteiger partial charge < -0.3 is 16.2 Å². The smallest absolute Gasteiger partial charge is 0.243 e. The third kappa shape index (κ3) is 7.41. The van der Waals surface area contributed by atoms with Crippen LogP contribution in [0.25, 0.3) is 0 Å². The first-order valence-electron chi connectivity index (χ1n) is 13.0. The molecule has 2 fully saturated rings. The van der Waals surface area contributed by atoms with E-state index in [0.29, 0.717) is 30.5 Å². The molecular weight excluding hydrogens is 464 g/mol. The van der Waals surface area contributed by atoms with Crippen LogP contribution in [0.1, 0.15) is 66.2 Å². The topological polar surface area (TPSA) is 116 Å². The second-order valence-electron chi connectivity index (χ2n) is 11.3. The number of hydrogen-bond donors (Lipinski definition) is 3. The Kier molecular flexibility index (Phi) is 9.23. The van der Waals surface area contributed by atoms with Crippen molar-refractivity contribution in [1.29, 1.82) is 0 Å². The fourth-order valence-electron chi connectivity index (χ4n) is 5.54. The maximum absolute atomic E-state index is 13.3. The van der Waals surface area contributed by atoms with Crippen LogP contribution in [0.3, 0.4) is 0 Å². The van der Waals surface area contributed by atoms with E-state index in [2.05, 4.69) is 10.2 Å². The fraction of sp³-hybridized carbons (Fsp3) is 0.731. The summed E-state index contributed by atoms with van der Waals surface area (Å²) in [5, 5.41) is 14.2. The molecule has 1 amide bonds. The number of β-amino-alcohol motifs (C(OH)–C–C–N with tert-alkyl or cyclic N) is 1. The summed E-state index contributed by atoms with van der Waals surface area (Å²) in [7, 11) is -3.77. The van der Waals surface area contributed by atoms with E-state index in [1.54, 1.807) is 12.1 Å². The Bertz CT molecular complexity index is 945. The molecule has 8 nitrogen and oxygen atoms in total. The lowest BCUT2D eigenvalue weighted by Crippen LogP contribution is -2.59. The summed E-state index contributed by atoms with van der Waals surface area (Å²) in [4.78, 5) is 15.5. The van der Waals surface area contributed by atoms with Crippen molar-refractivity contribution in [3.05, 3.63) is 24.3 Å². The molecule has 0 unspecified atom stereocenters. The number of carbonyl (C=O) groups excluding carboxylic acids is 1. The van der Waals surface area contributed by atoms with E-state index in [-0.39, 0.29) is 35.5 Å². The third-order valence-corrected chi connectivity index (χ3v) is 9.03. The van der Waals surface area contributed by atoms with Gasteiger partial charge in [0.25, 0.3) is 0 Å². The molecule has 1 aromatic rings. The molecule has 0 radical (unpaired) electrons. The number of amides is 1. The van der Waals surface area contributed by atoms with Gasteiger partial charge >= 0.3 is 0 Å². The number of aliphatic hydroxyl groups is 1. The lowest BCUT2D eigenvalue weighted by Gasteiger charge is -2.46. The van der Waals surface area contributed by atoms with Crippen molar-refractivity contribution in [2.75, 3.05) is 31.9 Å². The Hall–Kier alpha value is -1.68. The Morgan fingerprint density at radius 2 is 1.83 bits per heavy atom. The zero-order chi connectivity index (χ0) is 25.8. The molecule has 4 atom stereocenters. The monoisotopic (exact) mass is 508 g/mol. The number of nitrogens with zero attached hydrogens (tertiary/aromatic N) is 2. The zero-order valence-electron chi connectivity index (χ0n) is 21.7. The molecule has 4 N–H and O–H groups in total. The number of sulfonamides is 1. The van der Waals surface area contributed by atoms with E-state index >= 15 is 0 Å². The number of fused-ring (bicyclic) bond motifs is 1. The number of anilines is 1. The average molecular weight is 509 g/mol. The molecule has 2 aliphatic rings. The van der Waals surface area contributed by atoms with E-state index in [1.165, 1.54) is 29.3 Å². The zero-order valence-corrected chi connectivity index (χ0v) is 22.6. The van der Waals surface area contributed by atoms with Crippen molar-refractivity contribution >= 4 is 21.6 Å². The molecule has 35 heavy (non-hydrogen) atoms. The van der Waals surface area contributed by atoms with Crippen LogP contribution in [0, 0.1) is 11.8 Å². The van der Waals surface area contributed by atoms with Crippen molar-refractivity contribution in [2.45, 2.75) is 88.8 Å². The number of nitrogens with two attached hydrogens (primary N) is 1. The second-order valence-corrected chi connectivity index (χ2v) is 13.3. The van der Waals surface area contributed by atoms with Crippen molar-refractivity contribution < 1.29 is 18.3 Å². The Morgan fingerprint density at radius 3 is 2.43 bits per heavy atom. The number of rotatable bonds is 9. The van der Waals surface area contributed by atoms with Crippen LogP contribution in [-0.4, -0.2) is 72.5 Å². The molecule has 198 valence electrons. The lowest BCUT2D eigenvalue weighted by molar-refractivity contribution is -0.132. The summed E-state index contributed by atoms with van der Waals surface area (Å²) in [5.41, 5.74) is 5.88. The average Bonchev–Trinajstić information content (AvgIpc) is 2.77. The SMILES string of the molecule is CCCN(C[C@H](O)CN1C[C@H]2CCCC[C@H]2C[C@H]1C(=O)NC(C)(C)C)S(=O)(=O)c1ccc(N)cc1. The van der Waals surface area contributed by atoms with Gasteiger partial charge in [0.1, 0.15) is 0 Å². The minimum Gasteiger partial charge on any atom is -0.399 e. The fourth-order valence-corrected chi connectivity index (χ4v) is 7.11. The summed E-state index contributed by atoms with van der Waals surface area (Å²) in [6.45, 7) is 9.16. The van der Waals surface area contributed by atoms with Gasteiger partial charge in [0.15, 0.2) is 0 Å². The molecule has 0 bridgehead atoms. The highest BCUT2D eigenvalue weighted by Gasteiger charge is 2.41. The van der Waals surface area contributed by atoms with Gasteiger partial charge in [-0.3, -0.25) is 9.69 Å². The molecular formula is C26H44N4O4S. The molecule has 1 heterocycles. The standard InChI is InChI=1S/C26H44N4O4S/c1-5-14-30(35(33,34)23-12-10-21(27)11-13-23)18-22(31)17-29-16-20-9-7-6-8-19(20)15-24(29)25(32)28-26(2,3)4/h10-13,19-20,22,24,31H,5-9,14-18,27H2,1-4H3,(H,28,32)/t19-,20+,22+,24-/m0/s1. The Labute approximate surface area is 211 Å². The molecule has 1 saturated carbocycles. The molecule has 9 heteroatoms. The first-order chi connectivity index (χ1) is 16.4. The molecule has 1 aliphatic carbocycles. The van der Waals surface area contributed by atoms with E-state index < -0.39 is 16.1 Å². The highest BCUT2D eigenvalue weighted by Crippen LogP contribution is 2.38. The lowest BCUT2D eigenvalue weighted by atomic mass is 9.72. The van der Waals surface area contributed by atoms with Gasteiger partial charge in [-0.25, -0.2) is 8.42 Å². The molecule has 3 rings (SSSR count). The van der Waals surface area contributed by atoms with Gasteiger partial charge in [0.05, 0.1) is 17.0 Å². The van der Waals surface area contributed by atoms with E-state index in [9.17, 15) is 18.3 Å². The normalized spacial score (nSPS) is 24.7. The highest BCUT2D eigenvalue weighted by atomic mass is 32.2. The minimum absolute atomic E-state index is 0.00589. The molecule has 1 saturated heterocycles. The van der Waals surface area contributed by atoms with E-state index in [1.807, 2.05) is 27.7 Å². The van der Waals surface area contributed by atoms with Crippen molar-refractivity contribution in [1.82, 2.24) is 14.5 Å². The number of nitrogen functional groups attached to an aromatic ring is 1. The minimum atomic E-state index is -3.77. The Balaban J connectivity index is 1.75. The molecule has 0 aromatic heterocycles. The summed E-state index contributed by atoms with van der Waals surface area (Å²) in [5.74, 6) is 1.06. The number of hydrogen-bond acceptors (Lipinski definition) is 6. The largest absolute Gasteiger partial charge is 0.399 e. The van der Waals surface area contributed by atoms with Gasteiger partial charge in [0.2, 0.25) is 15.9 Å². The van der Waals surface area contributed by atoms with Gasteiger partial charge in [-0.05, 0) is 76.1 Å². The quantitative estimate of drug-likeness (QED) is 0.442. The first kappa shape index (κ1) is 27.9. The maximum atomic E-state index is 13.3. The van der Waals surface area contributed by atoms with E-state index in [4.69, 9.17) is 5.73 Å². The van der Waals surface area contributed by atoms with Crippen molar-refractivity contribution in [3.8, 4) is 0 Å². The summed E-state index contributed by atoms with van der Waals surface area (Å²) >= 11 is 0. The van der Waals surface area contributed by atoms with Crippen LogP contribution in [0.4, 0.5) is 5.69 Å². The number of aliphatic hydroxyl groups excluding tert-OH is 1. The van der Waals surface area contributed by atoms with Crippen molar-refractivity contribution in [2.24, 2.45) is 11.8 Å². The van der Waals surface area contributed by atoms with Crippen LogP contribution in [-0.2, 0) is 14.8 Å². The number of benzene rings is 1. The molecule has 0 spiro atoms. The number of piperidine rings is 1. The molecule has 1 aliphatic heterocycles. The molecule has 1 aromatic carbocycles. The van der Waals surface area contributed by atoms with Crippen LogP contribution in [0.2, 0.25) is 0 Å². The third-order valence-electron chi connectivity index (χ3n) is 7.15. The van der Waals surface area contributed by atoms with Crippen molar-refractivity contribution in [3.63, 3.8) is 0 Å². The first-order valence-corrected chi connectivity index (χ1v) is 14.4. The van der Waals surface area contributed by atoms with Gasteiger partial charge in [-0.2, -0.15) is 4.31 Å². The predicted molar refractivity (Wildman–Crippen MR) is 139 cm³/mol. The van der Waals surface area contributed by atoms with Crippen LogP contribution >= 0.6 is 0 Å².